The minimum Gasteiger partial charge on any atom is -0.497 e. The van der Waals surface area contributed by atoms with Crippen molar-refractivity contribution in [3.8, 4) is 11.5 Å². The van der Waals surface area contributed by atoms with Gasteiger partial charge in [-0.05, 0) is 42.8 Å². The Balaban J connectivity index is 2.20. The van der Waals surface area contributed by atoms with Crippen LogP contribution in [0.2, 0.25) is 0 Å². The number of carboxylic acid groups (broad SMARTS) is 1. The Labute approximate surface area is 156 Å². The SMILES string of the molecule is COc1ccc(C(NC(=O)Cc2cc(C(C)=O)ccc2OC)C(=O)O)cc1. The number of carbonyl (C=O) groups is 3. The van der Waals surface area contributed by atoms with Crippen molar-refractivity contribution in [3.63, 3.8) is 0 Å². The maximum Gasteiger partial charge on any atom is 0.330 e. The van der Waals surface area contributed by atoms with E-state index in [4.69, 9.17) is 9.47 Å². The fourth-order valence-corrected chi connectivity index (χ4v) is 2.60. The van der Waals surface area contributed by atoms with Crippen LogP contribution in [0.25, 0.3) is 0 Å². The number of carbonyl (C=O) groups excluding carboxylic acids is 2. The van der Waals surface area contributed by atoms with Gasteiger partial charge in [-0.3, -0.25) is 9.59 Å². The molecule has 1 amide bonds. The number of methoxy groups -OCH3 is 2. The standard InChI is InChI=1S/C20H21NO6/c1-12(22)14-6-9-17(27-3)15(10-14)11-18(23)21-19(20(24)25)13-4-7-16(26-2)8-5-13/h4-10,19H,11H2,1-3H3,(H,21,23)(H,24,25). The van der Waals surface area contributed by atoms with Crippen LogP contribution in [0.15, 0.2) is 42.5 Å². The van der Waals surface area contributed by atoms with E-state index in [-0.39, 0.29) is 12.2 Å². The van der Waals surface area contributed by atoms with Crippen LogP contribution >= 0.6 is 0 Å². The smallest absolute Gasteiger partial charge is 0.330 e. The summed E-state index contributed by atoms with van der Waals surface area (Å²) >= 11 is 0. The molecule has 1 atom stereocenters. The third kappa shape index (κ3) is 5.07. The fourth-order valence-electron chi connectivity index (χ4n) is 2.60. The van der Waals surface area contributed by atoms with Gasteiger partial charge in [0.15, 0.2) is 11.8 Å². The summed E-state index contributed by atoms with van der Waals surface area (Å²) in [5.41, 5.74) is 1.37. The molecule has 2 rings (SSSR count). The number of ether oxygens (including phenoxy) is 2. The lowest BCUT2D eigenvalue weighted by Crippen LogP contribution is -2.34. The number of amides is 1. The van der Waals surface area contributed by atoms with Crippen molar-refractivity contribution in [2.24, 2.45) is 0 Å². The molecule has 0 spiro atoms. The van der Waals surface area contributed by atoms with Gasteiger partial charge in [0.1, 0.15) is 11.5 Å². The molecule has 2 aromatic rings. The Morgan fingerprint density at radius 1 is 1.04 bits per heavy atom. The number of Topliss-reactive ketones (excluding diaryl/α,β-unsaturated/α-hetero) is 1. The largest absolute Gasteiger partial charge is 0.497 e. The van der Waals surface area contributed by atoms with Crippen LogP contribution in [-0.2, 0) is 16.0 Å². The Bertz CT molecular complexity index is 844. The fraction of sp³-hybridized carbons (Fsp3) is 0.250. The summed E-state index contributed by atoms with van der Waals surface area (Å²) in [5, 5.41) is 12.0. The molecule has 0 saturated heterocycles. The van der Waals surface area contributed by atoms with Crippen molar-refractivity contribution in [1.82, 2.24) is 5.32 Å². The quantitative estimate of drug-likeness (QED) is 0.691. The zero-order valence-electron chi connectivity index (χ0n) is 15.3. The van der Waals surface area contributed by atoms with Gasteiger partial charge in [-0.2, -0.15) is 0 Å². The van der Waals surface area contributed by atoms with Gasteiger partial charge in [-0.1, -0.05) is 12.1 Å². The third-order valence-electron chi connectivity index (χ3n) is 4.04. The summed E-state index contributed by atoms with van der Waals surface area (Å²) in [6.07, 6.45) is -0.121. The van der Waals surface area contributed by atoms with Gasteiger partial charge < -0.3 is 19.9 Å². The predicted octanol–water partition coefficient (Wildman–Crippen LogP) is 2.39. The van der Waals surface area contributed by atoms with Crippen molar-refractivity contribution in [3.05, 3.63) is 59.2 Å². The van der Waals surface area contributed by atoms with Crippen LogP contribution in [0.3, 0.4) is 0 Å². The van der Waals surface area contributed by atoms with Gasteiger partial charge >= 0.3 is 5.97 Å². The molecule has 0 aliphatic rings. The number of benzene rings is 2. The Morgan fingerprint density at radius 3 is 2.22 bits per heavy atom. The molecule has 1 unspecified atom stereocenters. The zero-order valence-corrected chi connectivity index (χ0v) is 15.3. The first-order chi connectivity index (χ1) is 12.8. The Hall–Kier alpha value is -3.35. The predicted molar refractivity (Wildman–Crippen MR) is 98.2 cm³/mol. The maximum absolute atomic E-state index is 12.4. The van der Waals surface area contributed by atoms with E-state index in [1.165, 1.54) is 21.1 Å². The highest BCUT2D eigenvalue weighted by Gasteiger charge is 2.23. The van der Waals surface area contributed by atoms with Crippen molar-refractivity contribution in [2.45, 2.75) is 19.4 Å². The van der Waals surface area contributed by atoms with E-state index in [1.54, 1.807) is 42.5 Å². The van der Waals surface area contributed by atoms with Gasteiger partial charge in [0.2, 0.25) is 5.91 Å². The minimum absolute atomic E-state index is 0.121. The minimum atomic E-state index is -1.20. The first kappa shape index (κ1) is 20.0. The second-order valence-electron chi connectivity index (χ2n) is 5.87. The number of rotatable bonds is 8. The molecule has 7 nitrogen and oxygen atoms in total. The van der Waals surface area contributed by atoms with E-state index in [2.05, 4.69) is 5.32 Å². The highest BCUT2D eigenvalue weighted by Crippen LogP contribution is 2.22. The molecule has 0 aromatic heterocycles. The van der Waals surface area contributed by atoms with E-state index in [0.29, 0.717) is 28.2 Å². The van der Waals surface area contributed by atoms with Gasteiger partial charge in [0.05, 0.1) is 20.6 Å². The van der Waals surface area contributed by atoms with E-state index in [9.17, 15) is 19.5 Å². The molecule has 0 saturated carbocycles. The second kappa shape index (κ2) is 8.84. The van der Waals surface area contributed by atoms with Crippen LogP contribution in [-0.4, -0.2) is 37.0 Å². The van der Waals surface area contributed by atoms with E-state index in [1.807, 2.05) is 0 Å². The van der Waals surface area contributed by atoms with Crippen LogP contribution in [0.4, 0.5) is 0 Å². The van der Waals surface area contributed by atoms with E-state index < -0.39 is 17.9 Å². The topological polar surface area (TPSA) is 102 Å². The molecule has 7 heteroatoms. The van der Waals surface area contributed by atoms with Crippen LogP contribution in [0.5, 0.6) is 11.5 Å². The maximum atomic E-state index is 12.4. The van der Waals surface area contributed by atoms with E-state index >= 15 is 0 Å². The summed E-state index contributed by atoms with van der Waals surface area (Å²) in [4.78, 5) is 35.6. The van der Waals surface area contributed by atoms with Crippen molar-refractivity contribution in [1.29, 1.82) is 0 Å². The molecule has 27 heavy (non-hydrogen) atoms. The second-order valence-corrected chi connectivity index (χ2v) is 5.87. The van der Waals surface area contributed by atoms with Crippen LogP contribution in [0, 0.1) is 0 Å². The summed E-state index contributed by atoms with van der Waals surface area (Å²) < 4.78 is 10.3. The average Bonchev–Trinajstić information content (AvgIpc) is 2.66. The molecular formula is C20H21NO6. The lowest BCUT2D eigenvalue weighted by atomic mass is 10.0. The van der Waals surface area contributed by atoms with Crippen LogP contribution < -0.4 is 14.8 Å². The zero-order chi connectivity index (χ0) is 20.0. The highest BCUT2D eigenvalue weighted by molar-refractivity contribution is 5.95. The van der Waals surface area contributed by atoms with Crippen LogP contribution in [0.1, 0.15) is 34.5 Å². The lowest BCUT2D eigenvalue weighted by Gasteiger charge is -2.16. The normalized spacial score (nSPS) is 11.4. The van der Waals surface area contributed by atoms with Gasteiger partial charge in [-0.15, -0.1) is 0 Å². The highest BCUT2D eigenvalue weighted by atomic mass is 16.5. The molecule has 2 aromatic carbocycles. The monoisotopic (exact) mass is 371 g/mol. The average molecular weight is 371 g/mol. The molecule has 0 bridgehead atoms. The van der Waals surface area contributed by atoms with Crippen molar-refractivity contribution < 1.29 is 29.0 Å². The summed E-state index contributed by atoms with van der Waals surface area (Å²) in [6, 6.07) is 9.99. The Kier molecular flexibility index (Phi) is 6.54. The van der Waals surface area contributed by atoms with Gasteiger partial charge in [0.25, 0.3) is 0 Å². The summed E-state index contributed by atoms with van der Waals surface area (Å²) in [6.45, 7) is 1.43. The molecule has 0 aliphatic heterocycles. The summed E-state index contributed by atoms with van der Waals surface area (Å²) in [7, 11) is 2.97. The molecule has 0 fully saturated rings. The lowest BCUT2D eigenvalue weighted by molar-refractivity contribution is -0.142. The molecule has 0 aliphatic carbocycles. The van der Waals surface area contributed by atoms with Gasteiger partial charge in [0, 0.05) is 11.1 Å². The van der Waals surface area contributed by atoms with E-state index in [0.717, 1.165) is 0 Å². The first-order valence-corrected chi connectivity index (χ1v) is 8.19. The molecule has 2 N–H and O–H groups in total. The van der Waals surface area contributed by atoms with Gasteiger partial charge in [-0.25, -0.2) is 4.79 Å². The third-order valence-corrected chi connectivity index (χ3v) is 4.04. The number of aliphatic carboxylic acids is 1. The number of hydrogen-bond acceptors (Lipinski definition) is 5. The number of hydrogen-bond donors (Lipinski definition) is 2. The molecular weight excluding hydrogens is 350 g/mol. The number of carboxylic acids is 1. The Morgan fingerprint density at radius 2 is 1.70 bits per heavy atom. The molecule has 142 valence electrons. The summed E-state index contributed by atoms with van der Waals surface area (Å²) in [5.74, 6) is -0.789. The number of ketones is 1. The molecule has 0 heterocycles. The molecule has 0 radical (unpaired) electrons. The first-order valence-electron chi connectivity index (χ1n) is 8.19. The van der Waals surface area contributed by atoms with Crippen molar-refractivity contribution in [2.75, 3.05) is 14.2 Å². The van der Waals surface area contributed by atoms with Crippen molar-refractivity contribution >= 4 is 17.7 Å². The number of nitrogens with one attached hydrogen (secondary N) is 1.